The average molecular weight is 707 g/mol. The van der Waals surface area contributed by atoms with Crippen LogP contribution < -0.4 is 19.2 Å². The van der Waals surface area contributed by atoms with E-state index in [4.69, 9.17) is 0 Å². The van der Waals surface area contributed by atoms with Crippen molar-refractivity contribution in [3.8, 4) is 0 Å². The molecule has 2 atom stereocenters. The van der Waals surface area contributed by atoms with E-state index in [1.54, 1.807) is 48.5 Å². The third-order valence-electron chi connectivity index (χ3n) is 9.02. The van der Waals surface area contributed by atoms with E-state index in [9.17, 15) is 26.4 Å². The Morgan fingerprint density at radius 1 is 0.540 bits per heavy atom. The van der Waals surface area contributed by atoms with Crippen molar-refractivity contribution in [2.75, 3.05) is 19.2 Å². The third kappa shape index (κ3) is 5.90. The maximum absolute atomic E-state index is 13.8. The summed E-state index contributed by atoms with van der Waals surface area (Å²) in [6, 6.07) is 32.4. The molecule has 0 unspecified atom stereocenters. The van der Waals surface area contributed by atoms with Gasteiger partial charge in [0.2, 0.25) is 0 Å². The molecule has 2 amide bonds. The molecule has 2 N–H and O–H groups in total. The minimum Gasteiger partial charge on any atom is -0.320 e. The summed E-state index contributed by atoms with van der Waals surface area (Å²) < 4.78 is 57.9. The minimum atomic E-state index is -3.97. The molecular weight excluding hydrogens is 673 g/mol. The third-order valence-corrected chi connectivity index (χ3v) is 12.9. The van der Waals surface area contributed by atoms with Crippen molar-refractivity contribution in [3.63, 3.8) is 0 Å². The standard InChI is InChI=1S/C38H34N4O6S2/c1-25-21-27-11-3-7-19-35(27)41(25)49(45,46)31-15-9-13-29(23-31)37(43)39-33-17-5-6-18-34(33)40-38(44)30-14-10-16-32(24-30)50(47,48)42-26(2)22-28-12-4-8-20-36(28)42/h3-20,23-26H,21-22H2,1-2H3,(H,39,43)(H,40,44)/t25-,26+. The van der Waals surface area contributed by atoms with Crippen LogP contribution in [0.3, 0.4) is 0 Å². The lowest BCUT2D eigenvalue weighted by atomic mass is 10.1. The van der Waals surface area contributed by atoms with E-state index in [2.05, 4.69) is 10.6 Å². The van der Waals surface area contributed by atoms with Crippen molar-refractivity contribution in [2.45, 2.75) is 48.6 Å². The molecule has 0 bridgehead atoms. The predicted octanol–water partition coefficient (Wildman–Crippen LogP) is 6.47. The van der Waals surface area contributed by atoms with Gasteiger partial charge in [0.1, 0.15) is 0 Å². The van der Waals surface area contributed by atoms with Gasteiger partial charge in [-0.15, -0.1) is 0 Å². The van der Waals surface area contributed by atoms with Crippen LogP contribution in [0, 0.1) is 0 Å². The van der Waals surface area contributed by atoms with Crippen LogP contribution in [0.25, 0.3) is 0 Å². The Labute approximate surface area is 291 Å². The normalized spacial score (nSPS) is 16.8. The highest BCUT2D eigenvalue weighted by Crippen LogP contribution is 2.38. The molecule has 0 saturated carbocycles. The number of carbonyl (C=O) groups is 2. The average Bonchev–Trinajstić information content (AvgIpc) is 3.65. The maximum atomic E-state index is 13.8. The fourth-order valence-corrected chi connectivity index (χ4v) is 10.2. The highest BCUT2D eigenvalue weighted by atomic mass is 32.2. The van der Waals surface area contributed by atoms with E-state index in [1.165, 1.54) is 57.1 Å². The Hall–Kier alpha value is -5.46. The number of carbonyl (C=O) groups excluding carboxylic acids is 2. The quantitative estimate of drug-likeness (QED) is 0.190. The summed E-state index contributed by atoms with van der Waals surface area (Å²) in [6.45, 7) is 3.70. The molecule has 12 heteroatoms. The van der Waals surface area contributed by atoms with Gasteiger partial charge in [-0.3, -0.25) is 18.2 Å². The molecule has 254 valence electrons. The lowest BCUT2D eigenvalue weighted by molar-refractivity contribution is 0.101. The molecule has 50 heavy (non-hydrogen) atoms. The first-order chi connectivity index (χ1) is 23.9. The van der Waals surface area contributed by atoms with Crippen LogP contribution in [-0.2, 0) is 32.9 Å². The van der Waals surface area contributed by atoms with E-state index in [-0.39, 0.29) is 44.4 Å². The molecule has 2 aliphatic heterocycles. The largest absolute Gasteiger partial charge is 0.320 e. The van der Waals surface area contributed by atoms with Gasteiger partial charge in [0.05, 0.1) is 32.5 Å². The van der Waals surface area contributed by atoms with Crippen LogP contribution in [0.1, 0.15) is 45.7 Å². The summed E-state index contributed by atoms with van der Waals surface area (Å²) in [5.41, 5.74) is 3.90. The SMILES string of the molecule is C[C@@H]1Cc2ccccc2N1S(=O)(=O)c1cccc(C(=O)Nc2ccccc2NC(=O)c2cccc(S(=O)(=O)N3c4ccccc4C[C@@H]3C)c2)c1. The van der Waals surface area contributed by atoms with Crippen molar-refractivity contribution < 1.29 is 26.4 Å². The van der Waals surface area contributed by atoms with Crippen molar-refractivity contribution in [1.82, 2.24) is 0 Å². The highest BCUT2D eigenvalue weighted by Gasteiger charge is 2.37. The number of rotatable bonds is 8. The molecule has 10 nitrogen and oxygen atoms in total. The fourth-order valence-electron chi connectivity index (χ4n) is 6.72. The molecule has 7 rings (SSSR count). The monoisotopic (exact) mass is 706 g/mol. The Morgan fingerprint density at radius 2 is 0.920 bits per heavy atom. The van der Waals surface area contributed by atoms with Crippen LogP contribution in [-0.4, -0.2) is 40.7 Å². The number of nitrogens with zero attached hydrogens (tertiary/aromatic N) is 2. The number of hydrogen-bond donors (Lipinski definition) is 2. The summed E-state index contributed by atoms with van der Waals surface area (Å²) in [6.07, 6.45) is 1.18. The molecule has 5 aromatic rings. The number of hydrogen-bond acceptors (Lipinski definition) is 6. The van der Waals surface area contributed by atoms with Gasteiger partial charge in [-0.1, -0.05) is 60.7 Å². The molecular formula is C38H34N4O6S2. The van der Waals surface area contributed by atoms with Gasteiger partial charge >= 0.3 is 0 Å². The van der Waals surface area contributed by atoms with Gasteiger partial charge in [-0.05, 0) is 98.5 Å². The Balaban J connectivity index is 1.10. The second-order valence-electron chi connectivity index (χ2n) is 12.5. The first-order valence-electron chi connectivity index (χ1n) is 16.1. The molecule has 0 aliphatic carbocycles. The highest BCUT2D eigenvalue weighted by molar-refractivity contribution is 7.93. The van der Waals surface area contributed by atoms with E-state index in [0.29, 0.717) is 24.2 Å². The van der Waals surface area contributed by atoms with Gasteiger partial charge < -0.3 is 10.6 Å². The van der Waals surface area contributed by atoms with E-state index >= 15 is 0 Å². The zero-order valence-electron chi connectivity index (χ0n) is 27.3. The molecule has 0 spiro atoms. The fraction of sp³-hybridized carbons (Fsp3) is 0.158. The number of benzene rings is 5. The number of nitrogens with one attached hydrogen (secondary N) is 2. The Bertz CT molecular complexity index is 2210. The summed E-state index contributed by atoms with van der Waals surface area (Å²) in [7, 11) is -7.94. The summed E-state index contributed by atoms with van der Waals surface area (Å²) in [5.74, 6) is -1.15. The number of para-hydroxylation sites is 4. The van der Waals surface area contributed by atoms with E-state index in [0.717, 1.165) is 11.1 Å². The van der Waals surface area contributed by atoms with Gasteiger partial charge in [0.15, 0.2) is 0 Å². The topological polar surface area (TPSA) is 133 Å². The van der Waals surface area contributed by atoms with Crippen molar-refractivity contribution in [1.29, 1.82) is 0 Å². The van der Waals surface area contributed by atoms with Gasteiger partial charge in [0, 0.05) is 23.2 Å². The zero-order valence-corrected chi connectivity index (χ0v) is 28.9. The molecule has 2 heterocycles. The second-order valence-corrected chi connectivity index (χ2v) is 16.1. The summed E-state index contributed by atoms with van der Waals surface area (Å²) in [4.78, 5) is 26.9. The molecule has 5 aromatic carbocycles. The number of sulfonamides is 2. The number of amides is 2. The van der Waals surface area contributed by atoms with Crippen LogP contribution in [0.4, 0.5) is 22.7 Å². The van der Waals surface area contributed by atoms with Crippen LogP contribution in [0.2, 0.25) is 0 Å². The van der Waals surface area contributed by atoms with Gasteiger partial charge in [0.25, 0.3) is 31.9 Å². The number of fused-ring (bicyclic) bond motifs is 2. The molecule has 0 fully saturated rings. The van der Waals surface area contributed by atoms with Crippen molar-refractivity contribution in [2.24, 2.45) is 0 Å². The van der Waals surface area contributed by atoms with Crippen LogP contribution >= 0.6 is 0 Å². The molecule has 0 aromatic heterocycles. The summed E-state index contributed by atoms with van der Waals surface area (Å²) in [5, 5.41) is 5.56. The van der Waals surface area contributed by atoms with Gasteiger partial charge in [-0.25, -0.2) is 16.8 Å². The lowest BCUT2D eigenvalue weighted by Crippen LogP contribution is -2.35. The maximum Gasteiger partial charge on any atom is 0.264 e. The second kappa shape index (κ2) is 12.8. The predicted molar refractivity (Wildman–Crippen MR) is 194 cm³/mol. The molecule has 0 saturated heterocycles. The van der Waals surface area contributed by atoms with E-state index in [1.807, 2.05) is 38.1 Å². The minimum absolute atomic E-state index is 0.0167. The lowest BCUT2D eigenvalue weighted by Gasteiger charge is -2.24. The number of anilines is 4. The smallest absolute Gasteiger partial charge is 0.264 e. The summed E-state index contributed by atoms with van der Waals surface area (Å²) >= 11 is 0. The van der Waals surface area contributed by atoms with Gasteiger partial charge in [-0.2, -0.15) is 0 Å². The molecule has 0 radical (unpaired) electrons. The first-order valence-corrected chi connectivity index (χ1v) is 19.0. The zero-order chi connectivity index (χ0) is 35.2. The Kier molecular flexibility index (Phi) is 8.44. The Morgan fingerprint density at radius 3 is 1.34 bits per heavy atom. The van der Waals surface area contributed by atoms with Crippen molar-refractivity contribution in [3.05, 3.63) is 144 Å². The van der Waals surface area contributed by atoms with Crippen molar-refractivity contribution >= 4 is 54.6 Å². The molecule has 2 aliphatic rings. The van der Waals surface area contributed by atoms with Crippen LogP contribution in [0.5, 0.6) is 0 Å². The van der Waals surface area contributed by atoms with E-state index < -0.39 is 31.9 Å². The first kappa shape index (κ1) is 33.1. The van der Waals surface area contributed by atoms with Crippen LogP contribution in [0.15, 0.2) is 131 Å².